The van der Waals surface area contributed by atoms with Gasteiger partial charge in [-0.2, -0.15) is 0 Å². The van der Waals surface area contributed by atoms with Gasteiger partial charge in [0.2, 0.25) is 5.89 Å². The summed E-state index contributed by atoms with van der Waals surface area (Å²) in [7, 11) is -1.34. The van der Waals surface area contributed by atoms with Gasteiger partial charge in [0.15, 0.2) is 9.84 Å². The highest BCUT2D eigenvalue weighted by Crippen LogP contribution is 2.21. The van der Waals surface area contributed by atoms with Gasteiger partial charge in [0.05, 0.1) is 12.7 Å². The zero-order chi connectivity index (χ0) is 10.8. The van der Waals surface area contributed by atoms with E-state index in [-0.39, 0.29) is 0 Å². The van der Waals surface area contributed by atoms with Crippen molar-refractivity contribution in [3.63, 3.8) is 0 Å². The Balaban J connectivity index is 2.87. The zero-order valence-electron chi connectivity index (χ0n) is 8.44. The fraction of sp³-hybridized carbons (Fsp3) is 0.625. The Morgan fingerprint density at radius 1 is 1.64 bits per heavy atom. The van der Waals surface area contributed by atoms with Crippen LogP contribution in [0, 0.1) is 0 Å². The molecule has 0 spiro atoms. The molecule has 0 radical (unpaired) electrons. The van der Waals surface area contributed by atoms with Crippen LogP contribution >= 0.6 is 0 Å². The highest BCUT2D eigenvalue weighted by molar-refractivity contribution is 7.90. The highest BCUT2D eigenvalue weighted by atomic mass is 32.2. The first-order valence-electron chi connectivity index (χ1n) is 4.23. The average Bonchev–Trinajstić information content (AvgIpc) is 2.50. The van der Waals surface area contributed by atoms with Gasteiger partial charge in [0.1, 0.15) is 11.0 Å². The van der Waals surface area contributed by atoms with E-state index in [1.54, 1.807) is 14.0 Å². The largest absolute Gasteiger partial charge is 0.443 e. The fourth-order valence-corrected chi connectivity index (χ4v) is 1.49. The summed E-state index contributed by atoms with van der Waals surface area (Å²) >= 11 is 0. The number of aromatic nitrogens is 1. The summed E-state index contributed by atoms with van der Waals surface area (Å²) in [6.45, 7) is 2.08. The Kier molecular flexibility index (Phi) is 3.28. The lowest BCUT2D eigenvalue weighted by Gasteiger charge is -2.03. The van der Waals surface area contributed by atoms with Gasteiger partial charge < -0.3 is 9.73 Å². The molecule has 5 nitrogen and oxygen atoms in total. The molecule has 1 rings (SSSR count). The number of oxazole rings is 1. The van der Waals surface area contributed by atoms with Crippen molar-refractivity contribution in [1.82, 2.24) is 10.3 Å². The van der Waals surface area contributed by atoms with Gasteiger partial charge in [-0.05, 0) is 14.0 Å². The molecule has 0 saturated heterocycles. The molecule has 0 saturated carbocycles. The number of sulfone groups is 1. The van der Waals surface area contributed by atoms with Crippen molar-refractivity contribution in [2.45, 2.75) is 18.7 Å². The zero-order valence-corrected chi connectivity index (χ0v) is 9.26. The molecule has 1 unspecified atom stereocenters. The van der Waals surface area contributed by atoms with E-state index < -0.39 is 15.1 Å². The first-order valence-corrected chi connectivity index (χ1v) is 6.18. The van der Waals surface area contributed by atoms with Crippen molar-refractivity contribution in [2.24, 2.45) is 0 Å². The molecule has 1 aromatic heterocycles. The molecular formula is C8H14N2O3S. The van der Waals surface area contributed by atoms with Gasteiger partial charge in [0, 0.05) is 6.26 Å². The molecule has 14 heavy (non-hydrogen) atoms. The Morgan fingerprint density at radius 2 is 2.29 bits per heavy atom. The first-order chi connectivity index (χ1) is 6.45. The Morgan fingerprint density at radius 3 is 2.79 bits per heavy atom. The quantitative estimate of drug-likeness (QED) is 0.796. The second-order valence-electron chi connectivity index (χ2n) is 3.16. The Labute approximate surface area is 83.4 Å². The van der Waals surface area contributed by atoms with Gasteiger partial charge in [-0.1, -0.05) is 0 Å². The van der Waals surface area contributed by atoms with E-state index in [1.165, 1.54) is 12.5 Å². The summed E-state index contributed by atoms with van der Waals surface area (Å²) in [4.78, 5) is 3.95. The van der Waals surface area contributed by atoms with Crippen molar-refractivity contribution in [1.29, 1.82) is 0 Å². The van der Waals surface area contributed by atoms with Gasteiger partial charge in [-0.3, -0.25) is 0 Å². The second-order valence-corrected chi connectivity index (χ2v) is 5.52. The number of nitrogens with one attached hydrogen (secondary N) is 1. The predicted octanol–water partition coefficient (Wildman–Crippen LogP) is 0.500. The van der Waals surface area contributed by atoms with Crippen molar-refractivity contribution in [2.75, 3.05) is 13.3 Å². The van der Waals surface area contributed by atoms with Crippen molar-refractivity contribution in [3.8, 4) is 0 Å². The second kappa shape index (κ2) is 4.10. The van der Waals surface area contributed by atoms with Crippen molar-refractivity contribution >= 4 is 9.84 Å². The minimum Gasteiger partial charge on any atom is -0.443 e. The molecule has 1 aromatic rings. The van der Waals surface area contributed by atoms with Gasteiger partial charge in [-0.15, -0.1) is 0 Å². The third-order valence-corrected chi connectivity index (χ3v) is 3.46. The summed E-state index contributed by atoms with van der Waals surface area (Å²) in [5.74, 6) is 0.885. The highest BCUT2D eigenvalue weighted by Gasteiger charge is 2.21. The van der Waals surface area contributed by atoms with E-state index in [9.17, 15) is 8.42 Å². The summed E-state index contributed by atoms with van der Waals surface area (Å²) in [5, 5.41) is 2.23. The van der Waals surface area contributed by atoms with Crippen LogP contribution in [0.15, 0.2) is 10.6 Å². The smallest absolute Gasteiger partial charge is 0.208 e. The van der Waals surface area contributed by atoms with E-state index in [4.69, 9.17) is 4.42 Å². The minimum atomic E-state index is -3.11. The van der Waals surface area contributed by atoms with Crippen LogP contribution < -0.4 is 5.32 Å². The van der Waals surface area contributed by atoms with Crippen LogP contribution in [0.5, 0.6) is 0 Å². The molecular weight excluding hydrogens is 204 g/mol. The SMILES string of the molecule is CNCc1ncc(C(C)S(C)(=O)=O)o1. The van der Waals surface area contributed by atoms with Gasteiger partial charge in [-0.25, -0.2) is 13.4 Å². The molecule has 0 aliphatic rings. The Bertz CT molecular complexity index is 396. The standard InChI is InChI=1S/C8H14N2O3S/c1-6(14(3,11)12)7-4-10-8(13-7)5-9-2/h4,6,9H,5H2,1-3H3. The molecule has 80 valence electrons. The average molecular weight is 218 g/mol. The predicted molar refractivity (Wildman–Crippen MR) is 52.5 cm³/mol. The maximum atomic E-state index is 11.2. The molecule has 0 aromatic carbocycles. The monoisotopic (exact) mass is 218 g/mol. The molecule has 6 heteroatoms. The topological polar surface area (TPSA) is 72.2 Å². The van der Waals surface area contributed by atoms with E-state index in [1.807, 2.05) is 0 Å². The summed E-state index contributed by atoms with van der Waals surface area (Å²) < 4.78 is 27.7. The Hall–Kier alpha value is -0.880. The fourth-order valence-electron chi connectivity index (χ4n) is 0.956. The van der Waals surface area contributed by atoms with Crippen LogP contribution in [0.1, 0.15) is 23.8 Å². The van der Waals surface area contributed by atoms with Crippen LogP contribution in [0.3, 0.4) is 0 Å². The summed E-state index contributed by atoms with van der Waals surface area (Å²) in [6, 6.07) is 0. The van der Waals surface area contributed by atoms with Crippen LogP contribution in [-0.4, -0.2) is 26.7 Å². The summed E-state index contributed by atoms with van der Waals surface area (Å²) in [6.07, 6.45) is 2.64. The number of rotatable bonds is 4. The molecule has 1 atom stereocenters. The van der Waals surface area contributed by atoms with Gasteiger partial charge >= 0.3 is 0 Å². The lowest BCUT2D eigenvalue weighted by molar-refractivity contribution is 0.441. The molecule has 1 heterocycles. The van der Waals surface area contributed by atoms with Crippen LogP contribution in [0.25, 0.3) is 0 Å². The maximum Gasteiger partial charge on any atom is 0.208 e. The minimum absolute atomic E-state index is 0.387. The normalized spacial score (nSPS) is 14.2. The lowest BCUT2D eigenvalue weighted by Crippen LogP contribution is -2.07. The van der Waals surface area contributed by atoms with Gasteiger partial charge in [0.25, 0.3) is 0 Å². The lowest BCUT2D eigenvalue weighted by atomic mass is 10.4. The van der Waals surface area contributed by atoms with E-state index >= 15 is 0 Å². The maximum absolute atomic E-state index is 11.2. The van der Waals surface area contributed by atoms with Crippen LogP contribution in [0.2, 0.25) is 0 Å². The van der Waals surface area contributed by atoms with Crippen LogP contribution in [0.4, 0.5) is 0 Å². The first kappa shape index (κ1) is 11.2. The molecule has 0 bridgehead atoms. The molecule has 0 aliphatic heterocycles. The number of hydrogen-bond donors (Lipinski definition) is 1. The van der Waals surface area contributed by atoms with Crippen molar-refractivity contribution < 1.29 is 12.8 Å². The molecule has 0 amide bonds. The number of hydrogen-bond acceptors (Lipinski definition) is 5. The molecule has 0 aliphatic carbocycles. The van der Waals surface area contributed by atoms with E-state index in [2.05, 4.69) is 10.3 Å². The van der Waals surface area contributed by atoms with E-state index in [0.29, 0.717) is 18.2 Å². The van der Waals surface area contributed by atoms with Crippen LogP contribution in [-0.2, 0) is 16.4 Å². The number of nitrogens with zero attached hydrogens (tertiary/aromatic N) is 1. The third-order valence-electron chi connectivity index (χ3n) is 1.94. The molecule has 1 N–H and O–H groups in total. The third kappa shape index (κ3) is 2.55. The van der Waals surface area contributed by atoms with E-state index in [0.717, 1.165) is 0 Å². The summed E-state index contributed by atoms with van der Waals surface area (Å²) in [5.41, 5.74) is 0. The molecule has 0 fully saturated rings. The van der Waals surface area contributed by atoms with Crippen molar-refractivity contribution in [3.05, 3.63) is 17.8 Å².